The molecule has 0 saturated carbocycles. The highest BCUT2D eigenvalue weighted by Gasteiger charge is 2.21. The second-order valence-electron chi connectivity index (χ2n) is 6.36. The number of aromatic nitrogens is 2. The van der Waals surface area contributed by atoms with Crippen LogP contribution >= 0.6 is 24.0 Å². The second kappa shape index (κ2) is 10.3. The molecular formula is C19H25IN6O3. The lowest BCUT2D eigenvalue weighted by atomic mass is 10.3. The summed E-state index contributed by atoms with van der Waals surface area (Å²) in [7, 11) is 1.80. The number of guanidine groups is 1. The number of anilines is 1. The summed E-state index contributed by atoms with van der Waals surface area (Å²) in [6.45, 7) is 4.89. The van der Waals surface area contributed by atoms with Crippen LogP contribution in [0.25, 0.3) is 0 Å². The third kappa shape index (κ3) is 5.31. The van der Waals surface area contributed by atoms with Gasteiger partial charge in [0, 0.05) is 51.7 Å². The number of hydrogen-bond acceptors (Lipinski definition) is 7. The molecule has 0 unspecified atom stereocenters. The van der Waals surface area contributed by atoms with Gasteiger partial charge in [-0.05, 0) is 18.2 Å². The van der Waals surface area contributed by atoms with Gasteiger partial charge in [-0.15, -0.1) is 24.0 Å². The Balaban J connectivity index is 0.00000240. The van der Waals surface area contributed by atoms with Gasteiger partial charge >= 0.3 is 0 Å². The third-order valence-corrected chi connectivity index (χ3v) is 4.62. The number of hydrogen-bond donors (Lipinski definition) is 1. The minimum atomic E-state index is 0. The van der Waals surface area contributed by atoms with E-state index >= 15 is 0 Å². The van der Waals surface area contributed by atoms with Crippen molar-refractivity contribution >= 4 is 35.9 Å². The molecule has 2 aliphatic rings. The summed E-state index contributed by atoms with van der Waals surface area (Å²) in [6.07, 6.45) is 3.55. The highest BCUT2D eigenvalue weighted by Crippen LogP contribution is 2.34. The maximum Gasteiger partial charge on any atom is 0.231 e. The molecule has 3 heterocycles. The summed E-state index contributed by atoms with van der Waals surface area (Å²) < 4.78 is 16.5. The molecule has 0 amide bonds. The fraction of sp³-hybridized carbons (Fsp3) is 0.421. The van der Waals surface area contributed by atoms with E-state index in [4.69, 9.17) is 14.2 Å². The maximum atomic E-state index is 5.79. The lowest BCUT2D eigenvalue weighted by Crippen LogP contribution is -2.53. The van der Waals surface area contributed by atoms with Crippen molar-refractivity contribution in [1.29, 1.82) is 0 Å². The molecule has 2 aliphatic heterocycles. The van der Waals surface area contributed by atoms with Crippen LogP contribution in [0, 0.1) is 0 Å². The molecule has 29 heavy (non-hydrogen) atoms. The zero-order valence-corrected chi connectivity index (χ0v) is 18.6. The normalized spacial score (nSPS) is 15.7. The van der Waals surface area contributed by atoms with Crippen LogP contribution in [-0.4, -0.2) is 74.0 Å². The molecule has 0 radical (unpaired) electrons. The standard InChI is InChI=1S/C19H24N6O3.HI/c1-20-18(24-8-10-25(11-9-24)19-21-5-2-6-22-19)23-7-12-26-15-3-4-16-17(13-15)28-14-27-16;/h2-6,13H,7-12,14H2,1H3,(H,20,23);1H. The van der Waals surface area contributed by atoms with Crippen molar-refractivity contribution < 1.29 is 14.2 Å². The Morgan fingerprint density at radius 2 is 1.90 bits per heavy atom. The minimum absolute atomic E-state index is 0. The average molecular weight is 512 g/mol. The molecule has 156 valence electrons. The lowest BCUT2D eigenvalue weighted by molar-refractivity contribution is 0.173. The molecule has 1 aromatic heterocycles. The molecule has 0 atom stereocenters. The fourth-order valence-electron chi connectivity index (χ4n) is 3.20. The number of aliphatic imine (C=N–C) groups is 1. The van der Waals surface area contributed by atoms with Gasteiger partial charge in [0.2, 0.25) is 12.7 Å². The largest absolute Gasteiger partial charge is 0.492 e. The van der Waals surface area contributed by atoms with E-state index in [9.17, 15) is 0 Å². The van der Waals surface area contributed by atoms with Crippen LogP contribution < -0.4 is 24.4 Å². The zero-order chi connectivity index (χ0) is 19.2. The van der Waals surface area contributed by atoms with Crippen LogP contribution in [0.3, 0.4) is 0 Å². The Hall–Kier alpha value is -2.50. The monoisotopic (exact) mass is 512 g/mol. The minimum Gasteiger partial charge on any atom is -0.492 e. The van der Waals surface area contributed by atoms with Crippen molar-refractivity contribution in [2.45, 2.75) is 0 Å². The van der Waals surface area contributed by atoms with Crippen molar-refractivity contribution in [3.05, 3.63) is 36.7 Å². The van der Waals surface area contributed by atoms with E-state index in [-0.39, 0.29) is 30.8 Å². The van der Waals surface area contributed by atoms with Gasteiger partial charge in [0.25, 0.3) is 0 Å². The Kier molecular flexibility index (Phi) is 7.55. The van der Waals surface area contributed by atoms with Gasteiger partial charge in [0.05, 0.1) is 6.54 Å². The summed E-state index contributed by atoms with van der Waals surface area (Å²) in [6, 6.07) is 7.42. The fourth-order valence-corrected chi connectivity index (χ4v) is 3.20. The molecule has 1 N–H and O–H groups in total. The zero-order valence-electron chi connectivity index (χ0n) is 16.3. The number of nitrogens with zero attached hydrogens (tertiary/aromatic N) is 5. The van der Waals surface area contributed by atoms with Crippen molar-refractivity contribution in [1.82, 2.24) is 20.2 Å². The van der Waals surface area contributed by atoms with E-state index in [0.717, 1.165) is 55.3 Å². The number of ether oxygens (including phenoxy) is 3. The van der Waals surface area contributed by atoms with Crippen LogP contribution in [0.4, 0.5) is 5.95 Å². The number of benzene rings is 1. The SMILES string of the molecule is CN=C(NCCOc1ccc2c(c1)OCO2)N1CCN(c2ncccn2)CC1.I. The Morgan fingerprint density at radius 3 is 2.66 bits per heavy atom. The van der Waals surface area contributed by atoms with Gasteiger partial charge in [-0.3, -0.25) is 4.99 Å². The second-order valence-corrected chi connectivity index (χ2v) is 6.36. The smallest absolute Gasteiger partial charge is 0.231 e. The predicted octanol–water partition coefficient (Wildman–Crippen LogP) is 1.60. The molecule has 9 nitrogen and oxygen atoms in total. The highest BCUT2D eigenvalue weighted by molar-refractivity contribution is 14.0. The van der Waals surface area contributed by atoms with E-state index in [1.165, 1.54) is 0 Å². The summed E-state index contributed by atoms with van der Waals surface area (Å²) in [5, 5.41) is 3.36. The summed E-state index contributed by atoms with van der Waals surface area (Å²) in [4.78, 5) is 17.5. The molecule has 0 spiro atoms. The molecule has 0 aliphatic carbocycles. The summed E-state index contributed by atoms with van der Waals surface area (Å²) >= 11 is 0. The maximum absolute atomic E-state index is 5.79. The van der Waals surface area contributed by atoms with Gasteiger partial charge in [-0.1, -0.05) is 0 Å². The van der Waals surface area contributed by atoms with Gasteiger partial charge < -0.3 is 29.3 Å². The Morgan fingerprint density at radius 1 is 1.14 bits per heavy atom. The third-order valence-electron chi connectivity index (χ3n) is 4.62. The molecule has 1 saturated heterocycles. The quantitative estimate of drug-likeness (QED) is 0.280. The van der Waals surface area contributed by atoms with E-state index in [2.05, 4.69) is 30.1 Å². The molecular weight excluding hydrogens is 487 g/mol. The number of nitrogens with one attached hydrogen (secondary N) is 1. The van der Waals surface area contributed by atoms with Crippen molar-refractivity contribution in [2.75, 3.05) is 58.1 Å². The molecule has 10 heteroatoms. The molecule has 4 rings (SSSR count). The van der Waals surface area contributed by atoms with Gasteiger partial charge in [-0.25, -0.2) is 9.97 Å². The van der Waals surface area contributed by atoms with Crippen LogP contribution in [0.15, 0.2) is 41.7 Å². The first-order valence-corrected chi connectivity index (χ1v) is 9.33. The topological polar surface area (TPSA) is 84.3 Å². The molecule has 1 fully saturated rings. The molecule has 1 aromatic carbocycles. The van der Waals surface area contributed by atoms with Crippen molar-refractivity contribution in [3.8, 4) is 17.2 Å². The first kappa shape index (κ1) is 21.2. The molecule has 2 aromatic rings. The predicted molar refractivity (Wildman–Crippen MR) is 121 cm³/mol. The van der Waals surface area contributed by atoms with Gasteiger partial charge in [0.15, 0.2) is 17.5 Å². The Bertz CT molecular complexity index is 815. The van der Waals surface area contributed by atoms with E-state index in [1.54, 1.807) is 19.4 Å². The van der Waals surface area contributed by atoms with Gasteiger partial charge in [0.1, 0.15) is 12.4 Å². The van der Waals surface area contributed by atoms with Crippen molar-refractivity contribution in [3.63, 3.8) is 0 Å². The lowest BCUT2D eigenvalue weighted by Gasteiger charge is -2.36. The van der Waals surface area contributed by atoms with Crippen LogP contribution in [0.2, 0.25) is 0 Å². The van der Waals surface area contributed by atoms with E-state index in [1.807, 2.05) is 24.3 Å². The average Bonchev–Trinajstić information content (AvgIpc) is 3.23. The van der Waals surface area contributed by atoms with Crippen LogP contribution in [-0.2, 0) is 0 Å². The number of rotatable bonds is 5. The van der Waals surface area contributed by atoms with E-state index < -0.39 is 0 Å². The summed E-state index contributed by atoms with van der Waals surface area (Å²) in [5.41, 5.74) is 0. The van der Waals surface area contributed by atoms with Crippen molar-refractivity contribution in [2.24, 2.45) is 4.99 Å². The summed E-state index contributed by atoms with van der Waals surface area (Å²) in [5.74, 6) is 3.90. The first-order valence-electron chi connectivity index (χ1n) is 9.33. The Labute approximate surface area is 187 Å². The number of fused-ring (bicyclic) bond motifs is 1. The first-order chi connectivity index (χ1) is 13.8. The highest BCUT2D eigenvalue weighted by atomic mass is 127. The number of piperazine rings is 1. The van der Waals surface area contributed by atoms with Gasteiger partial charge in [-0.2, -0.15) is 0 Å². The van der Waals surface area contributed by atoms with Crippen LogP contribution in [0.5, 0.6) is 17.2 Å². The number of halogens is 1. The molecule has 0 bridgehead atoms. The van der Waals surface area contributed by atoms with Crippen LogP contribution in [0.1, 0.15) is 0 Å². The van der Waals surface area contributed by atoms with E-state index in [0.29, 0.717) is 13.2 Å².